The summed E-state index contributed by atoms with van der Waals surface area (Å²) in [5.41, 5.74) is 0. The van der Waals surface area contributed by atoms with E-state index in [1.807, 2.05) is 0 Å². The van der Waals surface area contributed by atoms with Gasteiger partial charge >= 0.3 is 5.97 Å². The number of alkyl halides is 1. The van der Waals surface area contributed by atoms with Crippen molar-refractivity contribution >= 4 is 34.4 Å². The number of anilines is 1. The highest BCUT2D eigenvalue weighted by atomic mass is 127. The minimum absolute atomic E-state index is 0.125. The van der Waals surface area contributed by atoms with Crippen LogP contribution in [0.2, 0.25) is 0 Å². The molecule has 1 aromatic heterocycles. The van der Waals surface area contributed by atoms with Crippen LogP contribution in [0.5, 0.6) is 0 Å². The molecule has 1 aromatic rings. The second-order valence-corrected chi connectivity index (χ2v) is 5.42. The lowest BCUT2D eigenvalue weighted by atomic mass is 10.0. The Morgan fingerprint density at radius 1 is 1.60 bits per heavy atom. The number of carbonyl (C=O) groups excluding carboxylic acids is 1. The number of halogens is 2. The van der Waals surface area contributed by atoms with Gasteiger partial charge in [0.15, 0.2) is 11.6 Å². The maximum absolute atomic E-state index is 13.7. The molecule has 2 atom stereocenters. The number of esters is 1. The predicted octanol–water partition coefficient (Wildman–Crippen LogP) is 2.69. The smallest absolute Gasteiger partial charge is 0.311 e. The molecule has 110 valence electrons. The van der Waals surface area contributed by atoms with Crippen LogP contribution in [-0.4, -0.2) is 28.6 Å². The molecule has 0 aliphatic heterocycles. The fourth-order valence-corrected chi connectivity index (χ4v) is 2.78. The first kappa shape index (κ1) is 15.4. The summed E-state index contributed by atoms with van der Waals surface area (Å²) in [4.78, 5) is 19.9. The van der Waals surface area contributed by atoms with E-state index in [0.29, 0.717) is 16.9 Å². The van der Waals surface area contributed by atoms with Gasteiger partial charge in [0.1, 0.15) is 5.82 Å². The van der Waals surface area contributed by atoms with Crippen LogP contribution in [0.1, 0.15) is 32.0 Å². The molecule has 0 aromatic carbocycles. The lowest BCUT2D eigenvalue weighted by Gasteiger charge is -2.20. The third kappa shape index (κ3) is 3.56. The highest BCUT2D eigenvalue weighted by Gasteiger charge is 2.34. The molecule has 1 aliphatic carbocycles. The van der Waals surface area contributed by atoms with Crippen LogP contribution >= 0.6 is 22.6 Å². The van der Waals surface area contributed by atoms with Crippen molar-refractivity contribution in [1.29, 1.82) is 0 Å². The first-order valence-electron chi connectivity index (χ1n) is 6.66. The van der Waals surface area contributed by atoms with Crippen molar-refractivity contribution in [2.45, 2.75) is 36.7 Å². The number of nitrogens with one attached hydrogen (secondary N) is 1. The third-order valence-electron chi connectivity index (χ3n) is 3.34. The van der Waals surface area contributed by atoms with Gasteiger partial charge in [-0.1, -0.05) is 29.0 Å². The van der Waals surface area contributed by atoms with E-state index in [1.54, 1.807) is 6.92 Å². The third-order valence-corrected chi connectivity index (χ3v) is 4.02. The van der Waals surface area contributed by atoms with Gasteiger partial charge in [-0.2, -0.15) is 0 Å². The summed E-state index contributed by atoms with van der Waals surface area (Å²) in [5.74, 6) is -0.195. The highest BCUT2D eigenvalue weighted by Crippen LogP contribution is 2.29. The molecule has 1 N–H and O–H groups in total. The maximum Gasteiger partial charge on any atom is 0.311 e. The van der Waals surface area contributed by atoms with E-state index in [4.69, 9.17) is 4.74 Å². The maximum atomic E-state index is 13.7. The zero-order valence-corrected chi connectivity index (χ0v) is 13.4. The quantitative estimate of drug-likeness (QED) is 0.474. The van der Waals surface area contributed by atoms with Gasteiger partial charge < -0.3 is 10.1 Å². The molecule has 7 heteroatoms. The molecule has 0 radical (unpaired) electrons. The van der Waals surface area contributed by atoms with E-state index in [-0.39, 0.29) is 23.7 Å². The summed E-state index contributed by atoms with van der Waals surface area (Å²) in [6, 6.07) is -0.125. The number of nitrogens with zero attached hydrogens (tertiary/aromatic N) is 2. The van der Waals surface area contributed by atoms with Crippen molar-refractivity contribution < 1.29 is 13.9 Å². The van der Waals surface area contributed by atoms with Gasteiger partial charge in [-0.3, -0.25) is 4.79 Å². The number of rotatable bonds is 5. The topological polar surface area (TPSA) is 64.1 Å². The van der Waals surface area contributed by atoms with Crippen molar-refractivity contribution in [2.75, 3.05) is 11.9 Å². The second-order valence-electron chi connectivity index (χ2n) is 4.66. The van der Waals surface area contributed by atoms with E-state index in [0.717, 1.165) is 25.5 Å². The van der Waals surface area contributed by atoms with Crippen LogP contribution in [0.4, 0.5) is 10.2 Å². The highest BCUT2D eigenvalue weighted by molar-refractivity contribution is 14.1. The van der Waals surface area contributed by atoms with Crippen molar-refractivity contribution in [1.82, 2.24) is 9.97 Å². The summed E-state index contributed by atoms with van der Waals surface area (Å²) >= 11 is 2.12. The molecule has 0 unspecified atom stereocenters. The van der Waals surface area contributed by atoms with Gasteiger partial charge in [0, 0.05) is 6.04 Å². The molecular formula is C13H17FIN3O2. The molecule has 1 saturated carbocycles. The van der Waals surface area contributed by atoms with E-state index in [1.165, 1.54) is 0 Å². The zero-order valence-electron chi connectivity index (χ0n) is 11.2. The molecule has 1 fully saturated rings. The molecule has 5 nitrogen and oxygen atoms in total. The molecule has 0 amide bonds. The Kier molecular flexibility index (Phi) is 5.50. The monoisotopic (exact) mass is 393 g/mol. The molecule has 20 heavy (non-hydrogen) atoms. The van der Waals surface area contributed by atoms with Gasteiger partial charge in [-0.05, 0) is 19.8 Å². The molecule has 0 spiro atoms. The number of hydrogen-bond donors (Lipinski definition) is 1. The summed E-state index contributed by atoms with van der Waals surface area (Å²) in [6.07, 6.45) is 3.67. The Balaban J connectivity index is 2.10. The van der Waals surface area contributed by atoms with E-state index in [9.17, 15) is 9.18 Å². The molecular weight excluding hydrogens is 376 g/mol. The van der Waals surface area contributed by atoms with Crippen molar-refractivity contribution in [3.8, 4) is 0 Å². The number of hydrogen-bond acceptors (Lipinski definition) is 5. The van der Waals surface area contributed by atoms with Crippen molar-refractivity contribution in [2.24, 2.45) is 5.92 Å². The van der Waals surface area contributed by atoms with E-state index in [2.05, 4.69) is 37.9 Å². The van der Waals surface area contributed by atoms with Crippen LogP contribution in [0, 0.1) is 11.7 Å². The van der Waals surface area contributed by atoms with Crippen LogP contribution in [0.25, 0.3) is 0 Å². The van der Waals surface area contributed by atoms with Crippen LogP contribution < -0.4 is 5.32 Å². The van der Waals surface area contributed by atoms with Gasteiger partial charge in [-0.25, -0.2) is 14.4 Å². The summed E-state index contributed by atoms with van der Waals surface area (Å²) in [6.45, 7) is 2.15. The zero-order chi connectivity index (χ0) is 14.5. The Bertz CT molecular complexity index is 487. The number of carbonyl (C=O) groups is 1. The lowest BCUT2D eigenvalue weighted by molar-refractivity contribution is -0.148. The van der Waals surface area contributed by atoms with Gasteiger partial charge in [0.05, 0.1) is 23.1 Å². The van der Waals surface area contributed by atoms with Crippen molar-refractivity contribution in [3.63, 3.8) is 0 Å². The van der Waals surface area contributed by atoms with E-state index >= 15 is 0 Å². The standard InChI is InChI=1S/C13H17FIN3O2/c1-2-20-13(19)8-4-3-5-10(8)17-12-9(14)7-16-11(6-15)18-12/h7-8,10H,2-6H2,1H3,(H,16,17,18)/t8-,10-/m0/s1. The van der Waals surface area contributed by atoms with E-state index < -0.39 is 5.82 Å². The molecule has 0 saturated heterocycles. The lowest BCUT2D eigenvalue weighted by Crippen LogP contribution is -2.32. The molecule has 0 bridgehead atoms. The summed E-state index contributed by atoms with van der Waals surface area (Å²) in [5, 5.41) is 3.04. The second kappa shape index (κ2) is 7.14. The van der Waals surface area contributed by atoms with Crippen LogP contribution in [0.15, 0.2) is 6.20 Å². The largest absolute Gasteiger partial charge is 0.466 e. The van der Waals surface area contributed by atoms with Crippen LogP contribution in [0.3, 0.4) is 0 Å². The predicted molar refractivity (Wildman–Crippen MR) is 81.1 cm³/mol. The minimum Gasteiger partial charge on any atom is -0.466 e. The Morgan fingerprint density at radius 3 is 3.10 bits per heavy atom. The van der Waals surface area contributed by atoms with Gasteiger partial charge in [0.25, 0.3) is 0 Å². The fourth-order valence-electron chi connectivity index (χ4n) is 2.41. The average Bonchev–Trinajstić information content (AvgIpc) is 2.90. The fraction of sp³-hybridized carbons (Fsp3) is 0.615. The number of aromatic nitrogens is 2. The van der Waals surface area contributed by atoms with Crippen molar-refractivity contribution in [3.05, 3.63) is 17.8 Å². The molecule has 2 rings (SSSR count). The summed E-state index contributed by atoms with van der Waals surface area (Å²) in [7, 11) is 0. The Hall–Kier alpha value is -0.990. The SMILES string of the molecule is CCOC(=O)[C@H]1CCC[C@@H]1Nc1nc(CI)ncc1F. The summed E-state index contributed by atoms with van der Waals surface area (Å²) < 4.78 is 19.4. The number of ether oxygens (including phenoxy) is 1. The molecule has 1 heterocycles. The first-order chi connectivity index (χ1) is 9.65. The average molecular weight is 393 g/mol. The Labute approximate surface area is 130 Å². The van der Waals surface area contributed by atoms with Gasteiger partial charge in [0.2, 0.25) is 0 Å². The first-order valence-corrected chi connectivity index (χ1v) is 8.18. The van der Waals surface area contributed by atoms with Crippen LogP contribution in [-0.2, 0) is 14.0 Å². The van der Waals surface area contributed by atoms with Gasteiger partial charge in [-0.15, -0.1) is 0 Å². The Morgan fingerprint density at radius 2 is 2.40 bits per heavy atom. The normalized spacial score (nSPS) is 21.8. The minimum atomic E-state index is -0.492. The molecule has 1 aliphatic rings.